The number of amides is 1. The highest BCUT2D eigenvalue weighted by Crippen LogP contribution is 2.44. The van der Waals surface area contributed by atoms with Gasteiger partial charge in [0, 0.05) is 12.1 Å². The van der Waals surface area contributed by atoms with E-state index in [0.29, 0.717) is 23.6 Å². The van der Waals surface area contributed by atoms with E-state index in [4.69, 9.17) is 9.47 Å². The second-order valence-corrected chi connectivity index (χ2v) is 7.75. The van der Waals surface area contributed by atoms with E-state index in [1.54, 1.807) is 4.90 Å². The lowest BCUT2D eigenvalue weighted by atomic mass is 9.92. The first-order valence-electron chi connectivity index (χ1n) is 10.4. The van der Waals surface area contributed by atoms with Crippen molar-refractivity contribution in [2.45, 2.75) is 25.9 Å². The van der Waals surface area contributed by atoms with Gasteiger partial charge in [0.25, 0.3) is 5.91 Å². The van der Waals surface area contributed by atoms with Crippen molar-refractivity contribution in [2.24, 2.45) is 0 Å². The molecule has 31 heavy (non-hydrogen) atoms. The number of nitrogens with zero attached hydrogens (tertiary/aromatic N) is 1. The minimum absolute atomic E-state index is 0.198. The lowest BCUT2D eigenvalue weighted by Gasteiger charge is -2.28. The van der Waals surface area contributed by atoms with Crippen molar-refractivity contribution in [2.75, 3.05) is 6.79 Å². The highest BCUT2D eigenvalue weighted by Gasteiger charge is 2.41. The van der Waals surface area contributed by atoms with Crippen LogP contribution < -0.4 is 9.47 Å². The van der Waals surface area contributed by atoms with Crippen LogP contribution in [0.4, 0.5) is 0 Å². The highest BCUT2D eigenvalue weighted by molar-refractivity contribution is 6.05. The smallest absolute Gasteiger partial charge is 0.290 e. The Hall–Kier alpha value is -3.73. The molecule has 0 unspecified atom stereocenters. The largest absolute Gasteiger partial charge is 0.503 e. The van der Waals surface area contributed by atoms with Gasteiger partial charge in [0.2, 0.25) is 6.79 Å². The molecule has 0 spiro atoms. The molecular formula is C26H23NO4. The first-order chi connectivity index (χ1) is 15.2. The van der Waals surface area contributed by atoms with Crippen LogP contribution in [0.1, 0.15) is 35.2 Å². The number of hydrogen-bond acceptors (Lipinski definition) is 4. The quantitative estimate of drug-likeness (QED) is 0.637. The molecule has 0 saturated carbocycles. The van der Waals surface area contributed by atoms with Crippen LogP contribution in [-0.2, 0) is 17.8 Å². The molecule has 2 heterocycles. The van der Waals surface area contributed by atoms with Crippen molar-refractivity contribution in [1.82, 2.24) is 4.90 Å². The summed E-state index contributed by atoms with van der Waals surface area (Å²) in [6, 6.07) is 23.2. The van der Waals surface area contributed by atoms with Crippen LogP contribution >= 0.6 is 0 Å². The monoisotopic (exact) mass is 413 g/mol. The Kier molecular flexibility index (Phi) is 4.86. The van der Waals surface area contributed by atoms with Crippen molar-refractivity contribution < 1.29 is 19.4 Å². The summed E-state index contributed by atoms with van der Waals surface area (Å²) in [4.78, 5) is 14.9. The Balaban J connectivity index is 1.56. The molecule has 2 aliphatic rings. The van der Waals surface area contributed by atoms with Crippen LogP contribution in [0.3, 0.4) is 0 Å². The van der Waals surface area contributed by atoms with Crippen LogP contribution in [0.5, 0.6) is 11.5 Å². The summed E-state index contributed by atoms with van der Waals surface area (Å²) in [5, 5.41) is 10.9. The molecule has 5 nitrogen and oxygen atoms in total. The Morgan fingerprint density at radius 3 is 2.39 bits per heavy atom. The number of aliphatic hydroxyl groups excluding tert-OH is 1. The maximum absolute atomic E-state index is 13.2. The molecule has 3 aromatic carbocycles. The number of rotatable bonds is 5. The predicted molar refractivity (Wildman–Crippen MR) is 118 cm³/mol. The average molecular weight is 413 g/mol. The van der Waals surface area contributed by atoms with Gasteiger partial charge in [-0.15, -0.1) is 0 Å². The third-order valence-electron chi connectivity index (χ3n) is 5.88. The van der Waals surface area contributed by atoms with Gasteiger partial charge in [-0.05, 0) is 40.8 Å². The Bertz CT molecular complexity index is 1150. The number of ether oxygens (including phenoxy) is 2. The normalized spacial score (nSPS) is 17.5. The van der Waals surface area contributed by atoms with Gasteiger partial charge in [-0.25, -0.2) is 0 Å². The molecule has 156 valence electrons. The summed E-state index contributed by atoms with van der Waals surface area (Å²) in [7, 11) is 0. The van der Waals surface area contributed by atoms with E-state index >= 15 is 0 Å². The maximum Gasteiger partial charge on any atom is 0.290 e. The van der Waals surface area contributed by atoms with Crippen molar-refractivity contribution in [1.29, 1.82) is 0 Å². The second-order valence-electron chi connectivity index (χ2n) is 7.75. The van der Waals surface area contributed by atoms with E-state index in [1.807, 2.05) is 60.7 Å². The minimum Gasteiger partial charge on any atom is -0.503 e. The van der Waals surface area contributed by atoms with Crippen LogP contribution in [0, 0.1) is 0 Å². The molecule has 1 amide bonds. The van der Waals surface area contributed by atoms with E-state index in [9.17, 15) is 9.90 Å². The summed E-state index contributed by atoms with van der Waals surface area (Å²) in [5.74, 6) is 0.806. The van der Waals surface area contributed by atoms with Crippen LogP contribution in [0.15, 0.2) is 78.6 Å². The van der Waals surface area contributed by atoms with Gasteiger partial charge in [0.1, 0.15) is 0 Å². The molecule has 2 aliphatic heterocycles. The molecule has 0 aliphatic carbocycles. The average Bonchev–Trinajstić information content (AvgIpc) is 3.38. The van der Waals surface area contributed by atoms with E-state index in [0.717, 1.165) is 23.1 Å². The van der Waals surface area contributed by atoms with E-state index in [2.05, 4.69) is 19.1 Å². The highest BCUT2D eigenvalue weighted by atomic mass is 16.7. The fourth-order valence-corrected chi connectivity index (χ4v) is 4.25. The van der Waals surface area contributed by atoms with Crippen molar-refractivity contribution in [3.63, 3.8) is 0 Å². The molecular weight excluding hydrogens is 390 g/mol. The van der Waals surface area contributed by atoms with E-state index < -0.39 is 0 Å². The van der Waals surface area contributed by atoms with Gasteiger partial charge in [-0.1, -0.05) is 67.6 Å². The molecule has 0 bridgehead atoms. The summed E-state index contributed by atoms with van der Waals surface area (Å²) in [6.45, 7) is 2.66. The lowest BCUT2D eigenvalue weighted by molar-refractivity contribution is -0.130. The standard InChI is InChI=1S/C26H23NO4/c1-2-17-8-11-20(12-9-17)24-23(19-6-4-3-5-7-19)25(28)26(29)27(24)15-18-10-13-21-22(14-18)31-16-30-21/h3-14,24,28H,2,15-16H2,1H3/t24-/m0/s1. The molecule has 3 aromatic rings. The zero-order chi connectivity index (χ0) is 21.4. The van der Waals surface area contributed by atoms with Crippen LogP contribution in [-0.4, -0.2) is 22.7 Å². The number of benzene rings is 3. The number of aliphatic hydroxyl groups is 1. The van der Waals surface area contributed by atoms with E-state index in [-0.39, 0.29) is 24.5 Å². The molecule has 5 rings (SSSR count). The third-order valence-corrected chi connectivity index (χ3v) is 5.88. The number of aryl methyl sites for hydroxylation is 1. The second kappa shape index (κ2) is 7.84. The molecule has 5 heteroatoms. The molecule has 0 radical (unpaired) electrons. The fourth-order valence-electron chi connectivity index (χ4n) is 4.25. The van der Waals surface area contributed by atoms with Gasteiger partial charge >= 0.3 is 0 Å². The molecule has 1 N–H and O–H groups in total. The van der Waals surface area contributed by atoms with Crippen LogP contribution in [0.25, 0.3) is 5.57 Å². The number of hydrogen-bond donors (Lipinski definition) is 1. The van der Waals surface area contributed by atoms with Crippen molar-refractivity contribution in [3.8, 4) is 11.5 Å². The first-order valence-corrected chi connectivity index (χ1v) is 10.4. The van der Waals surface area contributed by atoms with Gasteiger partial charge in [0.05, 0.1) is 6.04 Å². The summed E-state index contributed by atoms with van der Waals surface area (Å²) < 4.78 is 10.9. The fraction of sp³-hybridized carbons (Fsp3) is 0.192. The third kappa shape index (κ3) is 3.42. The number of carbonyl (C=O) groups is 1. The van der Waals surface area contributed by atoms with E-state index in [1.165, 1.54) is 5.56 Å². The Morgan fingerprint density at radius 2 is 1.65 bits per heavy atom. The molecule has 0 saturated heterocycles. The minimum atomic E-state index is -0.383. The summed E-state index contributed by atoms with van der Waals surface area (Å²) in [5.41, 5.74) is 4.58. The molecule has 0 aromatic heterocycles. The zero-order valence-corrected chi connectivity index (χ0v) is 17.2. The summed E-state index contributed by atoms with van der Waals surface area (Å²) in [6.07, 6.45) is 0.942. The Morgan fingerprint density at radius 1 is 0.935 bits per heavy atom. The van der Waals surface area contributed by atoms with Gasteiger partial charge in [-0.2, -0.15) is 0 Å². The maximum atomic E-state index is 13.2. The Labute approximate surface area is 181 Å². The first kappa shape index (κ1) is 19.2. The predicted octanol–water partition coefficient (Wildman–Crippen LogP) is 5.03. The number of carbonyl (C=O) groups excluding carboxylic acids is 1. The van der Waals surface area contributed by atoms with Crippen molar-refractivity contribution in [3.05, 3.63) is 101 Å². The van der Waals surface area contributed by atoms with Gasteiger partial charge in [-0.3, -0.25) is 4.79 Å². The summed E-state index contributed by atoms with van der Waals surface area (Å²) >= 11 is 0. The molecule has 1 atom stereocenters. The van der Waals surface area contributed by atoms with Crippen LogP contribution in [0.2, 0.25) is 0 Å². The zero-order valence-electron chi connectivity index (χ0n) is 17.2. The molecule has 0 fully saturated rings. The van der Waals surface area contributed by atoms with Crippen molar-refractivity contribution >= 4 is 11.5 Å². The van der Waals surface area contributed by atoms with Gasteiger partial charge in [0.15, 0.2) is 17.3 Å². The lowest BCUT2D eigenvalue weighted by Crippen LogP contribution is -2.29. The number of fused-ring (bicyclic) bond motifs is 1. The SMILES string of the molecule is CCc1ccc([C@H]2C(c3ccccc3)=C(O)C(=O)N2Cc2ccc3c(c2)OCO3)cc1. The van der Waals surface area contributed by atoms with Gasteiger partial charge < -0.3 is 19.5 Å². The topological polar surface area (TPSA) is 59.0 Å².